The summed E-state index contributed by atoms with van der Waals surface area (Å²) in [7, 11) is 3.73. The summed E-state index contributed by atoms with van der Waals surface area (Å²) in [5.74, 6) is 1.34. The van der Waals surface area contributed by atoms with E-state index in [4.69, 9.17) is 17.0 Å². The first-order chi connectivity index (χ1) is 15.1. The second-order valence-electron chi connectivity index (χ2n) is 8.35. The maximum absolute atomic E-state index is 10.6. The van der Waals surface area contributed by atoms with Crippen molar-refractivity contribution < 1.29 is 14.9 Å². The number of hydrogen-bond donors (Lipinski definition) is 3. The minimum atomic E-state index is -0.749. The Balaban J connectivity index is 2.14. The molecule has 0 bridgehead atoms. The van der Waals surface area contributed by atoms with Crippen LogP contribution in [0.1, 0.15) is 25.3 Å². The van der Waals surface area contributed by atoms with E-state index in [0.29, 0.717) is 16.2 Å². The van der Waals surface area contributed by atoms with Crippen LogP contribution in [-0.2, 0) is 0 Å². The zero-order chi connectivity index (χ0) is 23.6. The molecule has 1 aromatic heterocycles. The second-order valence-corrected chi connectivity index (χ2v) is 14.2. The first kappa shape index (κ1) is 24.2. The van der Waals surface area contributed by atoms with Crippen molar-refractivity contribution in [3.05, 3.63) is 40.7 Å². The average Bonchev–Trinajstić information content (AvgIpc) is 3.12. The third kappa shape index (κ3) is 4.97. The van der Waals surface area contributed by atoms with Crippen LogP contribution in [0.3, 0.4) is 0 Å². The molecular formula is C23H31AsN4O3S. The predicted octanol–water partition coefficient (Wildman–Crippen LogP) is 5.33. The van der Waals surface area contributed by atoms with Crippen LogP contribution in [0.25, 0.3) is 17.1 Å². The van der Waals surface area contributed by atoms with Crippen molar-refractivity contribution in [3.8, 4) is 34.3 Å². The Morgan fingerprint density at radius 1 is 1.19 bits per heavy atom. The number of aromatic hydroxyl groups is 2. The average molecular weight is 519 g/mol. The fraction of sp³-hybridized carbons (Fsp3) is 0.391. The number of nitrogens with zero attached hydrogens (tertiary/aromatic N) is 3. The van der Waals surface area contributed by atoms with Crippen molar-refractivity contribution >= 4 is 32.6 Å². The number of phenolic OH excluding ortho intramolecular Hbond substituents is 2. The third-order valence-electron chi connectivity index (χ3n) is 5.39. The molecule has 0 fully saturated rings. The van der Waals surface area contributed by atoms with Crippen LogP contribution < -0.4 is 9.64 Å². The molecule has 172 valence electrons. The minimum absolute atomic E-state index is 0.0594. The fourth-order valence-electron chi connectivity index (χ4n) is 3.54. The SMILES string of the molecule is COc1ccc(-n2c(-c3cc(C(C)C)c(O)cc3O)n[nH]c2=S)cc1N(C)CC[As](C)C. The van der Waals surface area contributed by atoms with Gasteiger partial charge in [0.05, 0.1) is 0 Å². The van der Waals surface area contributed by atoms with Crippen LogP contribution in [0, 0.1) is 4.77 Å². The number of methoxy groups -OCH3 is 1. The maximum atomic E-state index is 10.6. The summed E-state index contributed by atoms with van der Waals surface area (Å²) in [6.45, 7) is 4.92. The van der Waals surface area contributed by atoms with Crippen molar-refractivity contribution in [3.63, 3.8) is 0 Å². The van der Waals surface area contributed by atoms with Crippen molar-refractivity contribution in [1.82, 2.24) is 14.8 Å². The molecule has 0 saturated heterocycles. The Kier molecular flexibility index (Phi) is 7.57. The van der Waals surface area contributed by atoms with Gasteiger partial charge in [-0.25, -0.2) is 0 Å². The Morgan fingerprint density at radius 3 is 2.53 bits per heavy atom. The van der Waals surface area contributed by atoms with Gasteiger partial charge in [-0.15, -0.1) is 0 Å². The molecule has 0 aliphatic rings. The number of hydrogen-bond acceptors (Lipinski definition) is 6. The van der Waals surface area contributed by atoms with E-state index in [1.807, 2.05) is 32.0 Å². The van der Waals surface area contributed by atoms with E-state index in [1.165, 1.54) is 11.3 Å². The summed E-state index contributed by atoms with van der Waals surface area (Å²) in [4.78, 5) is 2.20. The molecule has 0 amide bonds. The number of nitrogens with one attached hydrogen (secondary N) is 1. The second kappa shape index (κ2) is 10.0. The molecule has 3 aromatic rings. The van der Waals surface area contributed by atoms with Crippen molar-refractivity contribution in [2.45, 2.75) is 36.4 Å². The van der Waals surface area contributed by atoms with Gasteiger partial charge in [0.15, 0.2) is 0 Å². The van der Waals surface area contributed by atoms with Crippen molar-refractivity contribution in [2.24, 2.45) is 0 Å². The molecule has 0 atom stereocenters. The van der Waals surface area contributed by atoms with Crippen LogP contribution >= 0.6 is 12.2 Å². The molecule has 0 unspecified atom stereocenters. The van der Waals surface area contributed by atoms with Gasteiger partial charge in [-0.05, 0) is 0 Å². The van der Waals surface area contributed by atoms with Crippen LogP contribution in [0.2, 0.25) is 16.6 Å². The Bertz CT molecular complexity index is 1160. The normalized spacial score (nSPS) is 11.4. The number of anilines is 1. The summed E-state index contributed by atoms with van der Waals surface area (Å²) < 4.78 is 7.81. The van der Waals surface area contributed by atoms with Gasteiger partial charge in [0.25, 0.3) is 0 Å². The van der Waals surface area contributed by atoms with E-state index in [1.54, 1.807) is 17.7 Å². The Hall–Kier alpha value is -2.44. The zero-order valence-corrected chi connectivity index (χ0v) is 22.1. The van der Waals surface area contributed by atoms with Gasteiger partial charge in [-0.2, -0.15) is 0 Å². The van der Waals surface area contributed by atoms with Gasteiger partial charge in [-0.3, -0.25) is 0 Å². The number of ether oxygens (including phenoxy) is 1. The van der Waals surface area contributed by atoms with Crippen LogP contribution in [0.4, 0.5) is 5.69 Å². The fourth-order valence-corrected chi connectivity index (χ4v) is 5.25. The molecule has 3 rings (SSSR count). The summed E-state index contributed by atoms with van der Waals surface area (Å²) >= 11 is 4.79. The molecule has 0 aliphatic carbocycles. The molecule has 1 heterocycles. The Labute approximate surface area is 198 Å². The van der Waals surface area contributed by atoms with Gasteiger partial charge < -0.3 is 5.11 Å². The van der Waals surface area contributed by atoms with Gasteiger partial charge in [0.1, 0.15) is 0 Å². The summed E-state index contributed by atoms with van der Waals surface area (Å²) in [6, 6.07) is 8.99. The van der Waals surface area contributed by atoms with E-state index in [0.717, 1.165) is 29.2 Å². The molecule has 0 aliphatic heterocycles. The molecule has 9 heteroatoms. The molecule has 0 radical (unpaired) electrons. The van der Waals surface area contributed by atoms with E-state index in [9.17, 15) is 10.2 Å². The van der Waals surface area contributed by atoms with Crippen molar-refractivity contribution in [2.75, 3.05) is 25.6 Å². The van der Waals surface area contributed by atoms with Gasteiger partial charge in [0, 0.05) is 0 Å². The Morgan fingerprint density at radius 2 is 1.91 bits per heavy atom. The standard InChI is InChI=1S/C23H31AsN4O3S/c1-14(2)16-12-17(20(30)13-19(16)29)22-25-26-23(32)28(22)15-7-8-21(31-6)18(11-15)27(5)10-9-24(3)4/h7-8,11-14,29-30H,9-10H2,1-6H3,(H,26,32). The van der Waals surface area contributed by atoms with Gasteiger partial charge in [-0.1, -0.05) is 13.8 Å². The molecule has 0 saturated carbocycles. The zero-order valence-electron chi connectivity index (χ0n) is 19.4. The molecule has 2 aromatic carbocycles. The quantitative estimate of drug-likeness (QED) is 0.276. The topological polar surface area (TPSA) is 86.5 Å². The van der Waals surface area contributed by atoms with Crippen LogP contribution in [-0.4, -0.2) is 60.3 Å². The predicted molar refractivity (Wildman–Crippen MR) is 134 cm³/mol. The van der Waals surface area contributed by atoms with Crippen LogP contribution in [0.15, 0.2) is 30.3 Å². The number of phenols is 2. The molecular weight excluding hydrogens is 487 g/mol. The summed E-state index contributed by atoms with van der Waals surface area (Å²) in [6.07, 6.45) is 0. The summed E-state index contributed by atoms with van der Waals surface area (Å²) in [5, 5.41) is 29.3. The first-order valence-corrected chi connectivity index (χ1v) is 15.9. The van der Waals surface area contributed by atoms with Crippen LogP contribution in [0.5, 0.6) is 17.2 Å². The number of H-pyrrole nitrogens is 1. The van der Waals surface area contributed by atoms with E-state index >= 15 is 0 Å². The molecule has 32 heavy (non-hydrogen) atoms. The first-order valence-electron chi connectivity index (χ1n) is 10.4. The molecule has 7 nitrogen and oxygen atoms in total. The number of benzene rings is 2. The molecule has 0 spiro atoms. The van der Waals surface area contributed by atoms with E-state index in [2.05, 4.69) is 33.6 Å². The number of rotatable bonds is 8. The summed E-state index contributed by atoms with van der Waals surface area (Å²) in [5.41, 5.74) is 7.69. The van der Waals surface area contributed by atoms with E-state index in [-0.39, 0.29) is 17.4 Å². The molecule has 3 N–H and O–H groups in total. The third-order valence-corrected chi connectivity index (χ3v) is 7.96. The van der Waals surface area contributed by atoms with E-state index < -0.39 is 14.7 Å². The van der Waals surface area contributed by atoms with Gasteiger partial charge in [0.2, 0.25) is 0 Å². The van der Waals surface area contributed by atoms with Crippen molar-refractivity contribution in [1.29, 1.82) is 0 Å². The number of aromatic nitrogens is 3. The van der Waals surface area contributed by atoms with Gasteiger partial charge >= 0.3 is 180 Å². The monoisotopic (exact) mass is 518 g/mol. The number of aromatic amines is 1.